The lowest BCUT2D eigenvalue weighted by Gasteiger charge is -2.47. The molecule has 0 bridgehead atoms. The summed E-state index contributed by atoms with van der Waals surface area (Å²) in [5.74, 6) is 1.07. The predicted molar refractivity (Wildman–Crippen MR) is 83.1 cm³/mol. The Hall–Kier alpha value is -1.99. The molecule has 6 nitrogen and oxygen atoms in total. The van der Waals surface area contributed by atoms with Gasteiger partial charge in [0, 0.05) is 18.2 Å². The third-order valence-corrected chi connectivity index (χ3v) is 4.69. The molecule has 1 aromatic carbocycles. The van der Waals surface area contributed by atoms with Crippen LogP contribution < -0.4 is 10.1 Å². The SMILES string of the molecule is Fc1cccc(OCc2noc(CC3CNC4(CCC4)CO3)n2)c1. The van der Waals surface area contributed by atoms with Gasteiger partial charge < -0.3 is 19.3 Å². The number of halogens is 1. The van der Waals surface area contributed by atoms with Gasteiger partial charge in [-0.25, -0.2) is 4.39 Å². The molecule has 1 aromatic heterocycles. The molecule has 1 aliphatic heterocycles. The molecule has 1 saturated carbocycles. The topological polar surface area (TPSA) is 69.4 Å². The second-order valence-corrected chi connectivity index (χ2v) is 6.50. The van der Waals surface area contributed by atoms with Crippen molar-refractivity contribution < 1.29 is 18.4 Å². The van der Waals surface area contributed by atoms with Crippen molar-refractivity contribution in [2.75, 3.05) is 13.2 Å². The quantitative estimate of drug-likeness (QED) is 0.905. The van der Waals surface area contributed by atoms with Gasteiger partial charge in [-0.05, 0) is 31.4 Å². The van der Waals surface area contributed by atoms with Crippen LogP contribution in [-0.2, 0) is 17.8 Å². The molecule has 1 atom stereocenters. The van der Waals surface area contributed by atoms with E-state index in [9.17, 15) is 4.39 Å². The van der Waals surface area contributed by atoms with Crippen LogP contribution in [0.25, 0.3) is 0 Å². The van der Waals surface area contributed by atoms with Crippen molar-refractivity contribution >= 4 is 0 Å². The Labute approximate surface area is 139 Å². The van der Waals surface area contributed by atoms with E-state index in [-0.39, 0.29) is 24.1 Å². The number of benzene rings is 1. The Morgan fingerprint density at radius 1 is 1.38 bits per heavy atom. The van der Waals surface area contributed by atoms with Gasteiger partial charge >= 0.3 is 0 Å². The molecule has 1 N–H and O–H groups in total. The summed E-state index contributed by atoms with van der Waals surface area (Å²) in [5.41, 5.74) is 0.218. The minimum atomic E-state index is -0.340. The van der Waals surface area contributed by atoms with Gasteiger partial charge in [-0.15, -0.1) is 0 Å². The zero-order valence-electron chi connectivity index (χ0n) is 13.3. The normalized spacial score (nSPS) is 22.3. The van der Waals surface area contributed by atoms with Gasteiger partial charge in [-0.2, -0.15) is 4.98 Å². The van der Waals surface area contributed by atoms with Crippen molar-refractivity contribution in [3.8, 4) is 5.75 Å². The smallest absolute Gasteiger partial charge is 0.229 e. The minimum absolute atomic E-state index is 0.0497. The van der Waals surface area contributed by atoms with Crippen LogP contribution in [-0.4, -0.2) is 34.9 Å². The van der Waals surface area contributed by atoms with Crippen LogP contribution in [0, 0.1) is 5.82 Å². The number of morpholine rings is 1. The van der Waals surface area contributed by atoms with Crippen molar-refractivity contribution in [1.29, 1.82) is 0 Å². The van der Waals surface area contributed by atoms with Crippen LogP contribution in [0.4, 0.5) is 4.39 Å². The van der Waals surface area contributed by atoms with Crippen LogP contribution in [0.1, 0.15) is 31.0 Å². The Kier molecular flexibility index (Phi) is 4.20. The zero-order valence-corrected chi connectivity index (χ0v) is 13.3. The molecule has 1 spiro atoms. The highest BCUT2D eigenvalue weighted by Crippen LogP contribution is 2.34. The molecule has 2 aromatic rings. The lowest BCUT2D eigenvalue weighted by Crippen LogP contribution is -2.61. The maximum absolute atomic E-state index is 13.1. The van der Waals surface area contributed by atoms with Crippen LogP contribution >= 0.6 is 0 Å². The summed E-state index contributed by atoms with van der Waals surface area (Å²) in [6.45, 7) is 1.69. The molecule has 24 heavy (non-hydrogen) atoms. The fraction of sp³-hybridized carbons (Fsp3) is 0.529. The second kappa shape index (κ2) is 6.49. The van der Waals surface area contributed by atoms with Crippen molar-refractivity contribution in [2.45, 2.75) is 43.9 Å². The average molecular weight is 333 g/mol. The van der Waals surface area contributed by atoms with E-state index in [0.717, 1.165) is 13.2 Å². The lowest BCUT2D eigenvalue weighted by molar-refractivity contribution is -0.0618. The van der Waals surface area contributed by atoms with Crippen LogP contribution in [0.5, 0.6) is 5.75 Å². The van der Waals surface area contributed by atoms with Gasteiger partial charge in [-0.1, -0.05) is 11.2 Å². The summed E-state index contributed by atoms with van der Waals surface area (Å²) in [6, 6.07) is 5.96. The fourth-order valence-corrected chi connectivity index (χ4v) is 3.10. The third-order valence-electron chi connectivity index (χ3n) is 4.69. The van der Waals surface area contributed by atoms with E-state index in [0.29, 0.717) is 23.9 Å². The molecule has 7 heteroatoms. The number of nitrogens with one attached hydrogen (secondary N) is 1. The highest BCUT2D eigenvalue weighted by atomic mass is 19.1. The standard InChI is InChI=1S/C17H20FN3O3/c18-12-3-1-4-13(7-12)22-10-15-20-16(24-21-15)8-14-9-19-17(11-23-14)5-2-6-17/h1,3-4,7,14,19H,2,5-6,8-11H2. The first-order chi connectivity index (χ1) is 11.7. The first-order valence-corrected chi connectivity index (χ1v) is 8.27. The molecule has 2 aliphatic rings. The Balaban J connectivity index is 1.27. The molecule has 2 fully saturated rings. The highest BCUT2D eigenvalue weighted by molar-refractivity contribution is 5.22. The van der Waals surface area contributed by atoms with Gasteiger partial charge in [0.25, 0.3) is 0 Å². The van der Waals surface area contributed by atoms with Crippen LogP contribution in [0.2, 0.25) is 0 Å². The van der Waals surface area contributed by atoms with E-state index in [1.54, 1.807) is 12.1 Å². The molecule has 128 valence electrons. The molecule has 0 radical (unpaired) electrons. The van der Waals surface area contributed by atoms with E-state index in [1.807, 2.05) is 0 Å². The predicted octanol–water partition coefficient (Wildman–Crippen LogP) is 2.24. The lowest BCUT2D eigenvalue weighted by atomic mass is 9.76. The summed E-state index contributed by atoms with van der Waals surface area (Å²) < 4.78 is 29.7. The van der Waals surface area contributed by atoms with Crippen LogP contribution in [0.15, 0.2) is 28.8 Å². The molecule has 1 unspecified atom stereocenters. The van der Waals surface area contributed by atoms with Crippen molar-refractivity contribution in [3.63, 3.8) is 0 Å². The third kappa shape index (κ3) is 3.42. The van der Waals surface area contributed by atoms with E-state index < -0.39 is 0 Å². The number of nitrogens with zero attached hydrogens (tertiary/aromatic N) is 2. The monoisotopic (exact) mass is 333 g/mol. The van der Waals surface area contributed by atoms with E-state index in [4.69, 9.17) is 14.0 Å². The molecule has 1 saturated heterocycles. The summed E-state index contributed by atoms with van der Waals surface area (Å²) in [6.07, 6.45) is 4.30. The van der Waals surface area contributed by atoms with Gasteiger partial charge in [0.15, 0.2) is 6.61 Å². The Morgan fingerprint density at radius 3 is 3.00 bits per heavy atom. The van der Waals surface area contributed by atoms with Gasteiger partial charge in [0.05, 0.1) is 19.1 Å². The summed E-state index contributed by atoms with van der Waals surface area (Å²) in [4.78, 5) is 4.31. The van der Waals surface area contributed by atoms with E-state index >= 15 is 0 Å². The Morgan fingerprint density at radius 2 is 2.29 bits per heavy atom. The number of rotatable bonds is 5. The molecule has 2 heterocycles. The van der Waals surface area contributed by atoms with E-state index in [1.165, 1.54) is 31.4 Å². The maximum atomic E-state index is 13.1. The summed E-state index contributed by atoms with van der Waals surface area (Å²) in [7, 11) is 0. The van der Waals surface area contributed by atoms with Crippen molar-refractivity contribution in [3.05, 3.63) is 41.8 Å². The number of hydrogen-bond donors (Lipinski definition) is 1. The zero-order chi connectivity index (χ0) is 16.4. The number of aromatic nitrogens is 2. The van der Waals surface area contributed by atoms with Gasteiger partial charge in [0.2, 0.25) is 11.7 Å². The Bertz CT molecular complexity index is 692. The first-order valence-electron chi connectivity index (χ1n) is 8.27. The minimum Gasteiger partial charge on any atom is -0.485 e. The summed E-state index contributed by atoms with van der Waals surface area (Å²) in [5, 5.41) is 7.48. The molecular weight excluding hydrogens is 313 g/mol. The maximum Gasteiger partial charge on any atom is 0.229 e. The first kappa shape index (κ1) is 15.5. The molecule has 0 amide bonds. The van der Waals surface area contributed by atoms with Gasteiger partial charge in [-0.3, -0.25) is 0 Å². The largest absolute Gasteiger partial charge is 0.485 e. The van der Waals surface area contributed by atoms with Gasteiger partial charge in [0.1, 0.15) is 11.6 Å². The van der Waals surface area contributed by atoms with Crippen LogP contribution in [0.3, 0.4) is 0 Å². The highest BCUT2D eigenvalue weighted by Gasteiger charge is 2.40. The number of hydrogen-bond acceptors (Lipinski definition) is 6. The van der Waals surface area contributed by atoms with Crippen molar-refractivity contribution in [2.24, 2.45) is 0 Å². The molecule has 4 rings (SSSR count). The molecule has 1 aliphatic carbocycles. The summed E-state index contributed by atoms with van der Waals surface area (Å²) >= 11 is 0. The average Bonchev–Trinajstić information content (AvgIpc) is 3.00. The molecular formula is C17H20FN3O3. The fourth-order valence-electron chi connectivity index (χ4n) is 3.10. The van der Waals surface area contributed by atoms with E-state index in [2.05, 4.69) is 15.5 Å². The number of ether oxygens (including phenoxy) is 2. The second-order valence-electron chi connectivity index (χ2n) is 6.50. The van der Waals surface area contributed by atoms with Crippen molar-refractivity contribution in [1.82, 2.24) is 15.5 Å².